The number of aromatic nitrogens is 1. The van der Waals surface area contributed by atoms with Crippen molar-refractivity contribution in [3.8, 4) is 0 Å². The number of rotatable bonds is 1. The number of hydrogen-bond donors (Lipinski definition) is 1. The molecule has 2 heteroatoms. The highest BCUT2D eigenvalue weighted by atomic mass is 16.1. The number of H-pyrrole nitrogens is 1. The van der Waals surface area contributed by atoms with E-state index in [4.69, 9.17) is 0 Å². The van der Waals surface area contributed by atoms with Crippen molar-refractivity contribution in [1.82, 2.24) is 4.98 Å². The minimum Gasteiger partial charge on any atom is -0.329 e. The van der Waals surface area contributed by atoms with Crippen molar-refractivity contribution in [3.05, 3.63) is 40.3 Å². The number of hydrogen-bond acceptors (Lipinski definition) is 1. The third-order valence-electron chi connectivity index (χ3n) is 1.16. The maximum Gasteiger partial charge on any atom is 0.248 e. The summed E-state index contributed by atoms with van der Waals surface area (Å²) in [6.07, 6.45) is 5.42. The van der Waals surface area contributed by atoms with Gasteiger partial charge < -0.3 is 4.98 Å². The van der Waals surface area contributed by atoms with Crippen LogP contribution in [0.25, 0.3) is 6.08 Å². The summed E-state index contributed by atoms with van der Waals surface area (Å²) < 4.78 is 0. The van der Waals surface area contributed by atoms with Gasteiger partial charge in [-0.1, -0.05) is 12.2 Å². The number of nitrogens with one attached hydrogen (secondary N) is 1. The molecule has 0 saturated carbocycles. The lowest BCUT2D eigenvalue weighted by Crippen LogP contribution is -2.01. The summed E-state index contributed by atoms with van der Waals surface area (Å²) in [6, 6.07) is 3.40. The molecule has 0 spiro atoms. The summed E-state index contributed by atoms with van der Waals surface area (Å²) in [4.78, 5) is 13.2. The van der Waals surface area contributed by atoms with Crippen LogP contribution in [0.4, 0.5) is 0 Å². The second kappa shape index (κ2) is 3.01. The van der Waals surface area contributed by atoms with Gasteiger partial charge in [0.1, 0.15) is 0 Å². The molecule has 0 atom stereocenters. The second-order valence-corrected chi connectivity index (χ2v) is 1.99. The SMILES string of the molecule is CC=Cc1cc[nH]c(=O)c1. The van der Waals surface area contributed by atoms with E-state index in [1.807, 2.05) is 25.1 Å². The average Bonchev–Trinajstić information content (AvgIpc) is 1.88. The lowest BCUT2D eigenvalue weighted by molar-refractivity contribution is 1.23. The summed E-state index contributed by atoms with van der Waals surface area (Å²) in [6.45, 7) is 1.92. The highest BCUT2D eigenvalue weighted by Crippen LogP contribution is 1.94. The normalized spacial score (nSPS) is 10.5. The summed E-state index contributed by atoms with van der Waals surface area (Å²) in [5.41, 5.74) is 0.877. The topological polar surface area (TPSA) is 32.9 Å². The molecule has 0 aliphatic heterocycles. The van der Waals surface area contributed by atoms with Gasteiger partial charge in [-0.25, -0.2) is 0 Å². The lowest BCUT2D eigenvalue weighted by atomic mass is 10.2. The van der Waals surface area contributed by atoms with Gasteiger partial charge in [-0.3, -0.25) is 4.79 Å². The van der Waals surface area contributed by atoms with Crippen molar-refractivity contribution in [2.24, 2.45) is 0 Å². The van der Waals surface area contributed by atoms with E-state index in [1.165, 1.54) is 0 Å². The quantitative estimate of drug-likeness (QED) is 0.620. The Morgan fingerprint density at radius 3 is 3.00 bits per heavy atom. The van der Waals surface area contributed by atoms with Gasteiger partial charge in [0.05, 0.1) is 0 Å². The van der Waals surface area contributed by atoms with Crippen LogP contribution in [0, 0.1) is 0 Å². The highest BCUT2D eigenvalue weighted by molar-refractivity contribution is 5.47. The molecule has 0 bridgehead atoms. The molecule has 1 aromatic rings. The molecule has 0 aliphatic carbocycles. The van der Waals surface area contributed by atoms with E-state index in [0.717, 1.165) is 5.56 Å². The predicted molar refractivity (Wildman–Crippen MR) is 41.8 cm³/mol. The Hall–Kier alpha value is -1.31. The van der Waals surface area contributed by atoms with E-state index >= 15 is 0 Å². The van der Waals surface area contributed by atoms with Gasteiger partial charge in [0.15, 0.2) is 0 Å². The fourth-order valence-electron chi connectivity index (χ4n) is 0.757. The molecule has 1 N–H and O–H groups in total. The van der Waals surface area contributed by atoms with Crippen molar-refractivity contribution in [1.29, 1.82) is 0 Å². The number of aromatic amines is 1. The van der Waals surface area contributed by atoms with Gasteiger partial charge in [0.2, 0.25) is 5.56 Å². The van der Waals surface area contributed by atoms with Crippen LogP contribution in [-0.2, 0) is 0 Å². The zero-order chi connectivity index (χ0) is 7.40. The maximum absolute atomic E-state index is 10.7. The Balaban J connectivity index is 3.07. The molecule has 0 unspecified atom stereocenters. The first kappa shape index (κ1) is 6.81. The van der Waals surface area contributed by atoms with E-state index in [2.05, 4.69) is 4.98 Å². The van der Waals surface area contributed by atoms with Gasteiger partial charge in [-0.2, -0.15) is 0 Å². The maximum atomic E-state index is 10.7. The molecule has 0 amide bonds. The Bertz CT molecular complexity index is 285. The van der Waals surface area contributed by atoms with Crippen LogP contribution in [0.5, 0.6) is 0 Å². The summed E-state index contributed by atoms with van der Waals surface area (Å²) in [5.74, 6) is 0. The summed E-state index contributed by atoms with van der Waals surface area (Å²) >= 11 is 0. The third-order valence-corrected chi connectivity index (χ3v) is 1.16. The average molecular weight is 135 g/mol. The number of allylic oxidation sites excluding steroid dienone is 1. The van der Waals surface area contributed by atoms with Crippen LogP contribution >= 0.6 is 0 Å². The Labute approximate surface area is 59.2 Å². The zero-order valence-electron chi connectivity index (χ0n) is 5.79. The van der Waals surface area contributed by atoms with E-state index in [1.54, 1.807) is 12.3 Å². The molecule has 2 nitrogen and oxygen atoms in total. The number of pyridine rings is 1. The molecular weight excluding hydrogens is 126 g/mol. The van der Waals surface area contributed by atoms with Crippen LogP contribution in [0.2, 0.25) is 0 Å². The monoisotopic (exact) mass is 135 g/mol. The molecule has 1 rings (SSSR count). The molecular formula is C8H9NO. The molecule has 0 saturated heterocycles. The predicted octanol–water partition coefficient (Wildman–Crippen LogP) is 1.41. The van der Waals surface area contributed by atoms with Crippen molar-refractivity contribution >= 4 is 6.08 Å². The van der Waals surface area contributed by atoms with Crippen molar-refractivity contribution in [2.75, 3.05) is 0 Å². The minimum absolute atomic E-state index is 0.0596. The van der Waals surface area contributed by atoms with E-state index in [0.29, 0.717) is 0 Å². The fourth-order valence-corrected chi connectivity index (χ4v) is 0.757. The third kappa shape index (κ3) is 1.58. The standard InChI is InChI=1S/C8H9NO/c1-2-3-7-4-5-9-8(10)6-7/h2-6H,1H3,(H,9,10). The molecule has 0 fully saturated rings. The van der Waals surface area contributed by atoms with Crippen LogP contribution in [0.1, 0.15) is 12.5 Å². The van der Waals surface area contributed by atoms with Gasteiger partial charge in [-0.15, -0.1) is 0 Å². The van der Waals surface area contributed by atoms with Gasteiger partial charge in [-0.05, 0) is 18.6 Å². The van der Waals surface area contributed by atoms with Crippen LogP contribution in [0.15, 0.2) is 29.2 Å². The molecule has 0 radical (unpaired) electrons. The first-order chi connectivity index (χ1) is 4.83. The van der Waals surface area contributed by atoms with E-state index < -0.39 is 0 Å². The lowest BCUT2D eigenvalue weighted by Gasteiger charge is -1.87. The van der Waals surface area contributed by atoms with Gasteiger partial charge in [0, 0.05) is 12.3 Å². The van der Waals surface area contributed by atoms with Crippen molar-refractivity contribution < 1.29 is 0 Å². The first-order valence-electron chi connectivity index (χ1n) is 3.14. The fraction of sp³-hybridized carbons (Fsp3) is 0.125. The van der Waals surface area contributed by atoms with Crippen LogP contribution in [-0.4, -0.2) is 4.98 Å². The Kier molecular flexibility index (Phi) is 2.05. The first-order valence-corrected chi connectivity index (χ1v) is 3.14. The molecule has 0 aromatic carbocycles. The molecule has 1 aromatic heterocycles. The minimum atomic E-state index is -0.0596. The Morgan fingerprint density at radius 1 is 1.60 bits per heavy atom. The highest BCUT2D eigenvalue weighted by Gasteiger charge is 1.84. The molecule has 0 aliphatic rings. The van der Waals surface area contributed by atoms with E-state index in [-0.39, 0.29) is 5.56 Å². The summed E-state index contributed by atoms with van der Waals surface area (Å²) in [5, 5.41) is 0. The van der Waals surface area contributed by atoms with E-state index in [9.17, 15) is 4.79 Å². The van der Waals surface area contributed by atoms with Crippen LogP contribution in [0.3, 0.4) is 0 Å². The largest absolute Gasteiger partial charge is 0.329 e. The van der Waals surface area contributed by atoms with Crippen molar-refractivity contribution in [3.63, 3.8) is 0 Å². The van der Waals surface area contributed by atoms with Gasteiger partial charge >= 0.3 is 0 Å². The summed E-state index contributed by atoms with van der Waals surface area (Å²) in [7, 11) is 0. The Morgan fingerprint density at radius 2 is 2.40 bits per heavy atom. The second-order valence-electron chi connectivity index (χ2n) is 1.99. The zero-order valence-corrected chi connectivity index (χ0v) is 5.79. The van der Waals surface area contributed by atoms with Crippen LogP contribution < -0.4 is 5.56 Å². The van der Waals surface area contributed by atoms with Gasteiger partial charge in [0.25, 0.3) is 0 Å². The smallest absolute Gasteiger partial charge is 0.248 e. The molecule has 1 heterocycles. The molecule has 10 heavy (non-hydrogen) atoms. The van der Waals surface area contributed by atoms with Crippen molar-refractivity contribution in [2.45, 2.75) is 6.92 Å². The molecule has 52 valence electrons.